The summed E-state index contributed by atoms with van der Waals surface area (Å²) in [5, 5.41) is 0. The van der Waals surface area contributed by atoms with Gasteiger partial charge in [0.2, 0.25) is 0 Å². The Bertz CT molecular complexity index is 1130. The van der Waals surface area contributed by atoms with Crippen molar-refractivity contribution in [3.63, 3.8) is 0 Å². The molecule has 2 N–H and O–H groups in total. The Hall–Kier alpha value is -3.25. The van der Waals surface area contributed by atoms with E-state index in [-0.39, 0.29) is 5.54 Å². The molecule has 2 aromatic carbocycles. The fourth-order valence-electron chi connectivity index (χ4n) is 3.78. The molecule has 0 radical (unpaired) electrons. The number of fused-ring (bicyclic) bond motifs is 1. The van der Waals surface area contributed by atoms with Crippen molar-refractivity contribution in [1.29, 1.82) is 0 Å². The van der Waals surface area contributed by atoms with E-state index in [0.29, 0.717) is 11.7 Å². The van der Waals surface area contributed by atoms with Crippen molar-refractivity contribution in [2.24, 2.45) is 5.73 Å². The van der Waals surface area contributed by atoms with Gasteiger partial charge in [-0.25, -0.2) is 9.97 Å². The predicted octanol–water partition coefficient (Wildman–Crippen LogP) is 3.83. The van der Waals surface area contributed by atoms with E-state index in [9.17, 15) is 0 Å². The Morgan fingerprint density at radius 1 is 1.00 bits per heavy atom. The maximum atomic E-state index is 6.47. The van der Waals surface area contributed by atoms with Crippen LogP contribution in [0.4, 0.5) is 0 Å². The second-order valence-corrected chi connectivity index (χ2v) is 7.26. The first kappa shape index (κ1) is 16.9. The second kappa shape index (κ2) is 6.42. The zero-order valence-corrected chi connectivity index (χ0v) is 15.7. The smallest absolute Gasteiger partial charge is 0.318 e. The molecule has 0 bridgehead atoms. The average Bonchev–Trinajstić information content (AvgIpc) is 3.11. The van der Waals surface area contributed by atoms with Gasteiger partial charge in [0.25, 0.3) is 0 Å². The molecular formula is C22H21N5O. The van der Waals surface area contributed by atoms with Crippen LogP contribution in [0.5, 0.6) is 6.01 Å². The van der Waals surface area contributed by atoms with Crippen LogP contribution in [0.25, 0.3) is 28.2 Å². The van der Waals surface area contributed by atoms with Crippen LogP contribution in [0.1, 0.15) is 24.8 Å². The summed E-state index contributed by atoms with van der Waals surface area (Å²) in [6.07, 6.45) is 5.04. The molecule has 0 unspecified atom stereocenters. The Morgan fingerprint density at radius 3 is 2.39 bits per heavy atom. The van der Waals surface area contributed by atoms with E-state index in [4.69, 9.17) is 15.5 Å². The molecule has 4 aromatic rings. The van der Waals surface area contributed by atoms with Crippen LogP contribution in [0, 0.1) is 0 Å². The van der Waals surface area contributed by atoms with Crippen molar-refractivity contribution in [2.75, 3.05) is 7.11 Å². The molecule has 2 aromatic heterocycles. The zero-order valence-electron chi connectivity index (χ0n) is 15.7. The summed E-state index contributed by atoms with van der Waals surface area (Å²) >= 11 is 0. The van der Waals surface area contributed by atoms with Gasteiger partial charge in [-0.1, -0.05) is 42.5 Å². The molecule has 6 nitrogen and oxygen atoms in total. The number of nitrogens with zero attached hydrogens (tertiary/aromatic N) is 4. The third kappa shape index (κ3) is 2.65. The zero-order chi connectivity index (χ0) is 19.1. The highest BCUT2D eigenvalue weighted by Gasteiger charge is 2.34. The first-order valence-corrected chi connectivity index (χ1v) is 9.43. The standard InChI is InChI=1S/C22H21N5O/c1-28-21-24-14-18-19(26-21)25-20(27(18)17-6-3-2-4-7-17)15-8-10-16(11-9-15)22(23)12-5-13-22/h2-4,6-11,14H,5,12-13,23H2,1H3. The summed E-state index contributed by atoms with van der Waals surface area (Å²) in [4.78, 5) is 13.5. The van der Waals surface area contributed by atoms with Crippen molar-refractivity contribution in [3.05, 3.63) is 66.4 Å². The summed E-state index contributed by atoms with van der Waals surface area (Å²) in [6.45, 7) is 0. The third-order valence-electron chi connectivity index (χ3n) is 5.55. The topological polar surface area (TPSA) is 78.8 Å². The van der Waals surface area contributed by atoms with Crippen molar-refractivity contribution >= 4 is 11.2 Å². The SMILES string of the molecule is COc1ncc2c(n1)nc(-c1ccc(C3(N)CCC3)cc1)n2-c1ccccc1. The molecule has 0 spiro atoms. The molecule has 2 heterocycles. The minimum atomic E-state index is -0.170. The number of hydrogen-bond acceptors (Lipinski definition) is 5. The van der Waals surface area contributed by atoms with E-state index < -0.39 is 0 Å². The van der Waals surface area contributed by atoms with Crippen LogP contribution in [0.2, 0.25) is 0 Å². The first-order valence-electron chi connectivity index (χ1n) is 9.43. The van der Waals surface area contributed by atoms with E-state index in [2.05, 4.69) is 38.8 Å². The Balaban J connectivity index is 1.67. The van der Waals surface area contributed by atoms with E-state index in [1.165, 1.54) is 12.0 Å². The summed E-state index contributed by atoms with van der Waals surface area (Å²) in [7, 11) is 1.55. The van der Waals surface area contributed by atoms with Gasteiger partial charge in [0, 0.05) is 16.8 Å². The number of rotatable bonds is 4. The van der Waals surface area contributed by atoms with Crippen LogP contribution in [0.15, 0.2) is 60.8 Å². The molecule has 1 aliphatic rings. The second-order valence-electron chi connectivity index (χ2n) is 7.26. The molecule has 1 fully saturated rings. The minimum Gasteiger partial charge on any atom is -0.467 e. The van der Waals surface area contributed by atoms with E-state index >= 15 is 0 Å². The Labute approximate surface area is 163 Å². The van der Waals surface area contributed by atoms with Gasteiger partial charge in [-0.05, 0) is 37.0 Å². The molecule has 0 aliphatic heterocycles. The fourth-order valence-corrected chi connectivity index (χ4v) is 3.78. The third-order valence-corrected chi connectivity index (χ3v) is 5.55. The highest BCUT2D eigenvalue weighted by Crippen LogP contribution is 2.39. The van der Waals surface area contributed by atoms with Gasteiger partial charge < -0.3 is 10.5 Å². The summed E-state index contributed by atoms with van der Waals surface area (Å²) in [5.74, 6) is 0.815. The first-order chi connectivity index (χ1) is 13.7. The molecular weight excluding hydrogens is 350 g/mol. The normalized spacial score (nSPS) is 15.4. The molecule has 6 heteroatoms. The van der Waals surface area contributed by atoms with Gasteiger partial charge in [-0.3, -0.25) is 4.57 Å². The van der Waals surface area contributed by atoms with Gasteiger partial charge in [0.15, 0.2) is 5.65 Å². The molecule has 5 rings (SSSR count). The van der Waals surface area contributed by atoms with Gasteiger partial charge in [-0.15, -0.1) is 0 Å². The molecule has 0 amide bonds. The van der Waals surface area contributed by atoms with Crippen LogP contribution in [0.3, 0.4) is 0 Å². The van der Waals surface area contributed by atoms with Gasteiger partial charge in [-0.2, -0.15) is 4.98 Å². The number of para-hydroxylation sites is 1. The Morgan fingerprint density at radius 2 is 1.75 bits per heavy atom. The number of imidazole rings is 1. The number of nitrogens with two attached hydrogens (primary N) is 1. The minimum absolute atomic E-state index is 0.170. The highest BCUT2D eigenvalue weighted by atomic mass is 16.5. The molecule has 0 saturated heterocycles. The Kier molecular flexibility index (Phi) is 3.87. The summed E-state index contributed by atoms with van der Waals surface area (Å²) in [6, 6.07) is 18.8. The number of aromatic nitrogens is 4. The van der Waals surface area contributed by atoms with Crippen molar-refractivity contribution < 1.29 is 4.74 Å². The molecule has 140 valence electrons. The summed E-state index contributed by atoms with van der Waals surface area (Å²) in [5.41, 5.74) is 10.9. The highest BCUT2D eigenvalue weighted by molar-refractivity contribution is 5.80. The molecule has 1 saturated carbocycles. The number of hydrogen-bond donors (Lipinski definition) is 1. The van der Waals surface area contributed by atoms with Crippen LogP contribution >= 0.6 is 0 Å². The van der Waals surface area contributed by atoms with Gasteiger partial charge >= 0.3 is 6.01 Å². The molecule has 0 atom stereocenters. The summed E-state index contributed by atoms with van der Waals surface area (Å²) < 4.78 is 7.24. The lowest BCUT2D eigenvalue weighted by molar-refractivity contribution is 0.253. The van der Waals surface area contributed by atoms with Gasteiger partial charge in [0.05, 0.1) is 13.3 Å². The van der Waals surface area contributed by atoms with Crippen molar-refractivity contribution in [1.82, 2.24) is 19.5 Å². The van der Waals surface area contributed by atoms with Crippen LogP contribution in [-0.4, -0.2) is 26.6 Å². The van der Waals surface area contributed by atoms with Crippen LogP contribution in [-0.2, 0) is 5.54 Å². The van der Waals surface area contributed by atoms with Crippen molar-refractivity contribution in [3.8, 4) is 23.1 Å². The van der Waals surface area contributed by atoms with E-state index in [0.717, 1.165) is 35.4 Å². The van der Waals surface area contributed by atoms with Crippen LogP contribution < -0.4 is 10.5 Å². The predicted molar refractivity (Wildman–Crippen MR) is 108 cm³/mol. The lowest BCUT2D eigenvalue weighted by Gasteiger charge is -2.38. The lowest BCUT2D eigenvalue weighted by Crippen LogP contribution is -2.43. The maximum Gasteiger partial charge on any atom is 0.318 e. The van der Waals surface area contributed by atoms with Crippen molar-refractivity contribution in [2.45, 2.75) is 24.8 Å². The maximum absolute atomic E-state index is 6.47. The van der Waals surface area contributed by atoms with Gasteiger partial charge in [0.1, 0.15) is 11.3 Å². The monoisotopic (exact) mass is 371 g/mol. The molecule has 1 aliphatic carbocycles. The number of methoxy groups -OCH3 is 1. The lowest BCUT2D eigenvalue weighted by atomic mass is 9.73. The van der Waals surface area contributed by atoms with E-state index in [1.54, 1.807) is 13.3 Å². The quantitative estimate of drug-likeness (QED) is 0.590. The average molecular weight is 371 g/mol. The fraction of sp³-hybridized carbons (Fsp3) is 0.227. The number of ether oxygens (including phenoxy) is 1. The van der Waals surface area contributed by atoms with E-state index in [1.807, 2.05) is 30.3 Å². The molecule has 28 heavy (non-hydrogen) atoms. The largest absolute Gasteiger partial charge is 0.467 e. The number of benzene rings is 2.